The molecule has 6 nitrogen and oxygen atoms in total. The lowest BCUT2D eigenvalue weighted by Gasteiger charge is -2.40. The molecule has 4 rings (SSSR count). The van der Waals surface area contributed by atoms with Gasteiger partial charge in [0.05, 0.1) is 18.2 Å². The van der Waals surface area contributed by atoms with Crippen LogP contribution in [0.3, 0.4) is 0 Å². The van der Waals surface area contributed by atoms with E-state index in [4.69, 9.17) is 4.74 Å². The molecule has 1 aromatic heterocycles. The fourth-order valence-corrected chi connectivity index (χ4v) is 4.84. The standard InChI is InChI=1S/C22H21NO5S/c23-10-14-6-5-12(7-15-9-13-3-1-2-4-18(13)29-15)8-16(14)22-21(27)20(26)19(25)17(11-24)28-22/h1-6,8-9,17,19-22,24-27H,7,11H2/t17?,19-,20?,21-,22+/m1/s1. The SMILES string of the molecule is N#Cc1ccc(Cc2cc3ccccc3s2)cc1[C@@H]1OC(CO)[C@@H](O)C(O)[C@H]1O. The van der Waals surface area contributed by atoms with Gasteiger partial charge in [0.15, 0.2) is 0 Å². The number of hydrogen-bond acceptors (Lipinski definition) is 7. The largest absolute Gasteiger partial charge is 0.394 e. The van der Waals surface area contributed by atoms with Gasteiger partial charge in [0.25, 0.3) is 0 Å². The molecular weight excluding hydrogens is 390 g/mol. The van der Waals surface area contributed by atoms with Crippen molar-refractivity contribution in [3.63, 3.8) is 0 Å². The predicted molar refractivity (Wildman–Crippen MR) is 109 cm³/mol. The molecule has 150 valence electrons. The van der Waals surface area contributed by atoms with E-state index < -0.39 is 37.1 Å². The monoisotopic (exact) mass is 411 g/mol. The number of rotatable bonds is 4. The molecular formula is C22H21NO5S. The average molecular weight is 411 g/mol. The second-order valence-corrected chi connectivity index (χ2v) is 8.38. The number of aliphatic hydroxyl groups excluding tert-OH is 4. The van der Waals surface area contributed by atoms with E-state index in [9.17, 15) is 25.7 Å². The molecule has 1 aliphatic rings. The van der Waals surface area contributed by atoms with Crippen LogP contribution in [0.2, 0.25) is 0 Å². The smallest absolute Gasteiger partial charge is 0.113 e. The summed E-state index contributed by atoms with van der Waals surface area (Å²) in [6.45, 7) is -0.509. The maximum absolute atomic E-state index is 10.4. The first kappa shape index (κ1) is 20.0. The van der Waals surface area contributed by atoms with Crippen LogP contribution in [-0.2, 0) is 11.2 Å². The van der Waals surface area contributed by atoms with Crippen molar-refractivity contribution in [2.24, 2.45) is 0 Å². The van der Waals surface area contributed by atoms with Crippen molar-refractivity contribution in [3.05, 3.63) is 70.1 Å². The summed E-state index contributed by atoms with van der Waals surface area (Å²) in [5, 5.41) is 50.7. The lowest BCUT2D eigenvalue weighted by Crippen LogP contribution is -2.55. The molecule has 0 aliphatic carbocycles. The number of benzene rings is 2. The number of nitrogens with zero attached hydrogens (tertiary/aromatic N) is 1. The molecule has 1 fully saturated rings. The van der Waals surface area contributed by atoms with E-state index in [1.807, 2.05) is 18.2 Å². The quantitative estimate of drug-likeness (QED) is 0.521. The van der Waals surface area contributed by atoms with E-state index in [0.717, 1.165) is 10.4 Å². The number of fused-ring (bicyclic) bond motifs is 1. The molecule has 2 heterocycles. The van der Waals surface area contributed by atoms with E-state index in [1.165, 1.54) is 10.1 Å². The Morgan fingerprint density at radius 2 is 1.79 bits per heavy atom. The lowest BCUT2D eigenvalue weighted by atomic mass is 9.88. The maximum Gasteiger partial charge on any atom is 0.113 e. The number of hydrogen-bond donors (Lipinski definition) is 4. The van der Waals surface area contributed by atoms with Crippen LogP contribution in [-0.4, -0.2) is 51.4 Å². The van der Waals surface area contributed by atoms with E-state index >= 15 is 0 Å². The van der Waals surface area contributed by atoms with Gasteiger partial charge in [-0.1, -0.05) is 30.3 Å². The number of thiophene rings is 1. The van der Waals surface area contributed by atoms with Gasteiger partial charge in [-0.2, -0.15) is 5.26 Å². The minimum Gasteiger partial charge on any atom is -0.394 e. The van der Waals surface area contributed by atoms with Crippen LogP contribution >= 0.6 is 11.3 Å². The van der Waals surface area contributed by atoms with Gasteiger partial charge in [-0.3, -0.25) is 0 Å². The van der Waals surface area contributed by atoms with Gasteiger partial charge >= 0.3 is 0 Å². The number of ether oxygens (including phenoxy) is 1. The van der Waals surface area contributed by atoms with Gasteiger partial charge < -0.3 is 25.2 Å². The summed E-state index contributed by atoms with van der Waals surface area (Å²) in [5.74, 6) is 0. The minimum absolute atomic E-state index is 0.314. The Bertz CT molecular complexity index is 1020. The summed E-state index contributed by atoms with van der Waals surface area (Å²) >= 11 is 1.70. The van der Waals surface area contributed by atoms with Crippen LogP contribution in [0.15, 0.2) is 48.5 Å². The predicted octanol–water partition coefficient (Wildman–Crippen LogP) is 1.88. The van der Waals surface area contributed by atoms with Gasteiger partial charge in [-0.25, -0.2) is 0 Å². The molecule has 29 heavy (non-hydrogen) atoms. The number of aliphatic hydroxyl groups is 4. The van der Waals surface area contributed by atoms with Gasteiger partial charge in [-0.15, -0.1) is 11.3 Å². The zero-order valence-electron chi connectivity index (χ0n) is 15.5. The second-order valence-electron chi connectivity index (χ2n) is 7.21. The molecule has 3 aromatic rings. The highest BCUT2D eigenvalue weighted by Crippen LogP contribution is 2.35. The van der Waals surface area contributed by atoms with Crippen molar-refractivity contribution in [1.29, 1.82) is 5.26 Å². The third-order valence-corrected chi connectivity index (χ3v) is 6.41. The normalized spacial score (nSPS) is 27.1. The summed E-state index contributed by atoms with van der Waals surface area (Å²) in [7, 11) is 0. The molecule has 0 bridgehead atoms. The summed E-state index contributed by atoms with van der Waals surface area (Å²) < 4.78 is 6.85. The average Bonchev–Trinajstić information content (AvgIpc) is 3.14. The number of nitriles is 1. The second kappa shape index (κ2) is 8.20. The maximum atomic E-state index is 10.4. The van der Waals surface area contributed by atoms with Crippen molar-refractivity contribution < 1.29 is 25.2 Å². The summed E-state index contributed by atoms with van der Waals surface area (Å²) in [6, 6.07) is 17.7. The van der Waals surface area contributed by atoms with Gasteiger partial charge in [0.1, 0.15) is 30.5 Å². The fraction of sp³-hybridized carbons (Fsp3) is 0.318. The molecule has 1 saturated heterocycles. The van der Waals surface area contributed by atoms with E-state index in [0.29, 0.717) is 17.5 Å². The topological polar surface area (TPSA) is 114 Å². The Kier molecular flexibility index (Phi) is 5.65. The zero-order chi connectivity index (χ0) is 20.5. The van der Waals surface area contributed by atoms with Crippen LogP contribution in [0.1, 0.15) is 27.7 Å². The van der Waals surface area contributed by atoms with E-state index in [1.54, 1.807) is 23.5 Å². The Morgan fingerprint density at radius 3 is 2.52 bits per heavy atom. The molecule has 7 heteroatoms. The van der Waals surface area contributed by atoms with Crippen molar-refractivity contribution in [3.8, 4) is 6.07 Å². The summed E-state index contributed by atoms with van der Waals surface area (Å²) in [6.07, 6.45) is -5.73. The van der Waals surface area contributed by atoms with Gasteiger partial charge in [-0.05, 0) is 29.1 Å². The minimum atomic E-state index is -1.48. The van der Waals surface area contributed by atoms with Crippen LogP contribution in [0, 0.1) is 11.3 Å². The molecule has 2 unspecified atom stereocenters. The highest BCUT2D eigenvalue weighted by Gasteiger charge is 2.44. The third-order valence-electron chi connectivity index (χ3n) is 5.29. The molecule has 5 atom stereocenters. The third kappa shape index (κ3) is 3.79. The summed E-state index contributed by atoms with van der Waals surface area (Å²) in [4.78, 5) is 1.16. The van der Waals surface area contributed by atoms with Crippen LogP contribution < -0.4 is 0 Å². The van der Waals surface area contributed by atoms with Crippen LogP contribution in [0.25, 0.3) is 10.1 Å². The van der Waals surface area contributed by atoms with Gasteiger partial charge in [0, 0.05) is 21.6 Å². The Morgan fingerprint density at radius 1 is 1.00 bits per heavy atom. The molecule has 1 aliphatic heterocycles. The highest BCUT2D eigenvalue weighted by atomic mass is 32.1. The Balaban J connectivity index is 1.67. The van der Waals surface area contributed by atoms with Crippen molar-refractivity contribution in [2.45, 2.75) is 36.9 Å². The zero-order valence-corrected chi connectivity index (χ0v) is 16.3. The Hall–Kier alpha value is -2.31. The highest BCUT2D eigenvalue weighted by molar-refractivity contribution is 7.19. The molecule has 0 radical (unpaired) electrons. The molecule has 4 N–H and O–H groups in total. The van der Waals surface area contributed by atoms with Crippen LogP contribution in [0.4, 0.5) is 0 Å². The molecule has 0 amide bonds. The van der Waals surface area contributed by atoms with Crippen molar-refractivity contribution in [2.75, 3.05) is 6.61 Å². The first-order valence-corrected chi connectivity index (χ1v) is 10.1. The van der Waals surface area contributed by atoms with E-state index in [2.05, 4.69) is 24.3 Å². The molecule has 2 aromatic carbocycles. The first-order valence-electron chi connectivity index (χ1n) is 9.32. The van der Waals surface area contributed by atoms with Crippen LogP contribution in [0.5, 0.6) is 0 Å². The van der Waals surface area contributed by atoms with E-state index in [-0.39, 0.29) is 0 Å². The van der Waals surface area contributed by atoms with Crippen molar-refractivity contribution in [1.82, 2.24) is 0 Å². The molecule has 0 saturated carbocycles. The van der Waals surface area contributed by atoms with Crippen molar-refractivity contribution >= 4 is 21.4 Å². The lowest BCUT2D eigenvalue weighted by molar-refractivity contribution is -0.231. The summed E-state index contributed by atoms with van der Waals surface area (Å²) in [5.41, 5.74) is 1.68. The Labute approximate surface area is 171 Å². The fourth-order valence-electron chi connectivity index (χ4n) is 3.74. The first-order chi connectivity index (χ1) is 14.0. The molecule has 0 spiro atoms. The van der Waals surface area contributed by atoms with Gasteiger partial charge in [0.2, 0.25) is 0 Å².